The van der Waals surface area contributed by atoms with E-state index in [1.807, 2.05) is 0 Å². The maximum atomic E-state index is 2.54. The highest BCUT2D eigenvalue weighted by Gasteiger charge is 2.54. The predicted molar refractivity (Wildman–Crippen MR) is 212 cm³/mol. The van der Waals surface area contributed by atoms with Crippen molar-refractivity contribution in [1.82, 2.24) is 8.80 Å². The van der Waals surface area contributed by atoms with Crippen LogP contribution in [0.5, 0.6) is 0 Å². The van der Waals surface area contributed by atoms with E-state index < -0.39 is 5.41 Å². The minimum absolute atomic E-state index is 0.501. The summed E-state index contributed by atoms with van der Waals surface area (Å²) >= 11 is 0. The van der Waals surface area contributed by atoms with E-state index in [-0.39, 0.29) is 0 Å². The van der Waals surface area contributed by atoms with Crippen LogP contribution in [0.1, 0.15) is 22.3 Å². The molecule has 0 radical (unpaired) electrons. The molecule has 0 bridgehead atoms. The maximum Gasteiger partial charge on any atom is 0.0739 e. The standard InChI is InChI=1S/C49H26N2/c1-5-19-37-27(11-1)28-12-2-6-20-38(28)49(37)45-31(23-25-41-43(45)35-17-9-15-33-29-13-3-7-21-39(29)50(41)47(33)35)32-24-26-42-44(46(32)49)36-18-10-16-34-30-14-4-8-22-40(30)51(42)48(34)36/h1-26H. The van der Waals surface area contributed by atoms with Gasteiger partial charge in [-0.25, -0.2) is 0 Å². The number of para-hydroxylation sites is 4. The molecule has 4 aromatic heterocycles. The van der Waals surface area contributed by atoms with Gasteiger partial charge in [-0.1, -0.05) is 133 Å². The van der Waals surface area contributed by atoms with Gasteiger partial charge < -0.3 is 8.80 Å². The van der Waals surface area contributed by atoms with E-state index in [9.17, 15) is 0 Å². The number of rotatable bonds is 0. The van der Waals surface area contributed by atoms with Crippen LogP contribution in [0.15, 0.2) is 158 Å². The van der Waals surface area contributed by atoms with E-state index in [0.29, 0.717) is 0 Å². The Morgan fingerprint density at radius 3 is 1.22 bits per heavy atom. The second-order valence-electron chi connectivity index (χ2n) is 14.7. The minimum atomic E-state index is -0.501. The van der Waals surface area contributed by atoms with E-state index in [4.69, 9.17) is 0 Å². The van der Waals surface area contributed by atoms with E-state index in [0.717, 1.165) is 0 Å². The first kappa shape index (κ1) is 25.3. The second kappa shape index (κ2) is 8.21. The van der Waals surface area contributed by atoms with Crippen molar-refractivity contribution in [3.8, 4) is 22.3 Å². The van der Waals surface area contributed by atoms with Crippen molar-refractivity contribution >= 4 is 76.2 Å². The summed E-state index contributed by atoms with van der Waals surface area (Å²) in [6, 6.07) is 59.9. The zero-order valence-corrected chi connectivity index (χ0v) is 27.4. The van der Waals surface area contributed by atoms with Crippen LogP contribution in [0.3, 0.4) is 0 Å². The van der Waals surface area contributed by atoms with Crippen molar-refractivity contribution in [2.24, 2.45) is 0 Å². The molecule has 0 fully saturated rings. The van der Waals surface area contributed by atoms with Crippen LogP contribution >= 0.6 is 0 Å². The van der Waals surface area contributed by atoms with Crippen molar-refractivity contribution < 1.29 is 0 Å². The average Bonchev–Trinajstić information content (AvgIpc) is 4.01. The Labute approximate surface area is 291 Å². The van der Waals surface area contributed by atoms with Gasteiger partial charge in [-0.3, -0.25) is 0 Å². The van der Waals surface area contributed by atoms with Crippen molar-refractivity contribution in [3.05, 3.63) is 180 Å². The van der Waals surface area contributed by atoms with Gasteiger partial charge in [0.05, 0.1) is 38.5 Å². The highest BCUT2D eigenvalue weighted by Crippen LogP contribution is 2.66. The van der Waals surface area contributed by atoms with Crippen LogP contribution in [0.25, 0.3) is 98.4 Å². The molecule has 0 aliphatic heterocycles. The molecule has 232 valence electrons. The van der Waals surface area contributed by atoms with Crippen molar-refractivity contribution in [3.63, 3.8) is 0 Å². The molecular formula is C49H26N2. The molecule has 14 rings (SSSR count). The Balaban J connectivity index is 1.28. The monoisotopic (exact) mass is 642 g/mol. The van der Waals surface area contributed by atoms with Crippen molar-refractivity contribution in [2.45, 2.75) is 5.41 Å². The Kier molecular flexibility index (Phi) is 4.08. The van der Waals surface area contributed by atoms with E-state index in [1.54, 1.807) is 0 Å². The fraction of sp³-hybridized carbons (Fsp3) is 0.0204. The molecule has 0 saturated heterocycles. The lowest BCUT2D eigenvalue weighted by Crippen LogP contribution is -2.26. The van der Waals surface area contributed by atoms with E-state index in [2.05, 4.69) is 167 Å². The third-order valence-electron chi connectivity index (χ3n) is 12.8. The molecule has 4 heterocycles. The number of fused-ring (bicyclic) bond motifs is 24. The number of hydrogen-bond acceptors (Lipinski definition) is 0. The smallest absolute Gasteiger partial charge is 0.0739 e. The summed E-state index contributed by atoms with van der Waals surface area (Å²) in [5.41, 5.74) is 18.2. The van der Waals surface area contributed by atoms with Gasteiger partial charge in [0.1, 0.15) is 0 Å². The number of benzene rings is 8. The summed E-state index contributed by atoms with van der Waals surface area (Å²) < 4.78 is 5.09. The van der Waals surface area contributed by atoms with Gasteiger partial charge in [-0.15, -0.1) is 0 Å². The summed E-state index contributed by atoms with van der Waals surface area (Å²) in [5, 5.41) is 10.7. The Morgan fingerprint density at radius 1 is 0.294 bits per heavy atom. The van der Waals surface area contributed by atoms with Gasteiger partial charge in [0, 0.05) is 43.1 Å². The maximum absolute atomic E-state index is 2.54. The number of nitrogens with zero attached hydrogens (tertiary/aromatic N) is 2. The lowest BCUT2D eigenvalue weighted by atomic mass is 9.68. The largest absolute Gasteiger partial charge is 0.308 e. The predicted octanol–water partition coefficient (Wildman–Crippen LogP) is 12.3. The molecule has 51 heavy (non-hydrogen) atoms. The Hall–Kier alpha value is -6.64. The molecule has 0 unspecified atom stereocenters. The summed E-state index contributed by atoms with van der Waals surface area (Å²) in [4.78, 5) is 0. The first-order valence-electron chi connectivity index (χ1n) is 18.0. The van der Waals surface area contributed by atoms with Gasteiger partial charge in [0.2, 0.25) is 0 Å². The van der Waals surface area contributed by atoms with Crippen LogP contribution in [0.4, 0.5) is 0 Å². The molecule has 2 nitrogen and oxygen atoms in total. The van der Waals surface area contributed by atoms with Crippen LogP contribution in [-0.2, 0) is 5.41 Å². The normalized spacial score (nSPS) is 14.4. The Bertz CT molecular complexity index is 3300. The van der Waals surface area contributed by atoms with Crippen LogP contribution in [-0.4, -0.2) is 8.80 Å². The van der Waals surface area contributed by atoms with Gasteiger partial charge in [-0.05, 0) is 68.8 Å². The molecule has 1 spiro atoms. The molecule has 0 saturated carbocycles. The average molecular weight is 643 g/mol. The summed E-state index contributed by atoms with van der Waals surface area (Å²) in [7, 11) is 0. The zero-order valence-electron chi connectivity index (χ0n) is 27.4. The second-order valence-corrected chi connectivity index (χ2v) is 14.7. The van der Waals surface area contributed by atoms with Crippen molar-refractivity contribution in [1.29, 1.82) is 0 Å². The van der Waals surface area contributed by atoms with E-state index >= 15 is 0 Å². The lowest BCUT2D eigenvalue weighted by molar-refractivity contribution is 0.810. The van der Waals surface area contributed by atoms with Crippen LogP contribution < -0.4 is 0 Å². The van der Waals surface area contributed by atoms with E-state index in [1.165, 1.54) is 121 Å². The van der Waals surface area contributed by atoms with Crippen molar-refractivity contribution in [2.75, 3.05) is 0 Å². The van der Waals surface area contributed by atoms with Crippen LogP contribution in [0.2, 0.25) is 0 Å². The third kappa shape index (κ3) is 2.53. The highest BCUT2D eigenvalue weighted by molar-refractivity contribution is 6.28. The fourth-order valence-electron chi connectivity index (χ4n) is 11.2. The molecule has 0 atom stereocenters. The van der Waals surface area contributed by atoms with Gasteiger partial charge in [0.15, 0.2) is 0 Å². The summed E-state index contributed by atoms with van der Waals surface area (Å²) in [6.45, 7) is 0. The lowest BCUT2D eigenvalue weighted by Gasteiger charge is -2.32. The molecule has 2 aliphatic rings. The SMILES string of the molecule is c1ccc2c(c1)-c1ccccc1C21c2c(ccc3c2c2cccc4c5ccccc5n3c42)-c2ccc3c(c21)c1cccc2c4ccccc4n3c21. The first-order valence-corrected chi connectivity index (χ1v) is 18.0. The first-order chi connectivity index (χ1) is 25.4. The number of hydrogen-bond donors (Lipinski definition) is 0. The molecule has 12 aromatic rings. The zero-order chi connectivity index (χ0) is 32.7. The molecule has 0 amide bonds. The summed E-state index contributed by atoms with van der Waals surface area (Å²) in [6.07, 6.45) is 0. The molecular weight excluding hydrogens is 617 g/mol. The third-order valence-corrected chi connectivity index (χ3v) is 12.8. The number of aromatic nitrogens is 2. The molecule has 2 aliphatic carbocycles. The quantitative estimate of drug-likeness (QED) is 0.156. The highest BCUT2D eigenvalue weighted by atomic mass is 14.9. The summed E-state index contributed by atoms with van der Waals surface area (Å²) in [5.74, 6) is 0. The minimum Gasteiger partial charge on any atom is -0.308 e. The van der Waals surface area contributed by atoms with Gasteiger partial charge in [0.25, 0.3) is 0 Å². The van der Waals surface area contributed by atoms with Crippen LogP contribution in [0, 0.1) is 0 Å². The Morgan fingerprint density at radius 2 is 0.706 bits per heavy atom. The molecule has 2 heteroatoms. The molecule has 0 N–H and O–H groups in total. The van der Waals surface area contributed by atoms with Gasteiger partial charge >= 0.3 is 0 Å². The topological polar surface area (TPSA) is 8.82 Å². The fourth-order valence-corrected chi connectivity index (χ4v) is 11.2. The molecule has 8 aromatic carbocycles. The van der Waals surface area contributed by atoms with Gasteiger partial charge in [-0.2, -0.15) is 0 Å².